The number of hydrogen-bond acceptors (Lipinski definition) is 3. The molecule has 0 aliphatic carbocycles. The van der Waals surface area contributed by atoms with Crippen LogP contribution >= 0.6 is 0 Å². The highest BCUT2D eigenvalue weighted by Gasteiger charge is 2.13. The van der Waals surface area contributed by atoms with Gasteiger partial charge >= 0.3 is 0 Å². The molecule has 88 valence electrons. The van der Waals surface area contributed by atoms with Crippen LogP contribution in [0.2, 0.25) is 0 Å². The van der Waals surface area contributed by atoms with Gasteiger partial charge in [0.25, 0.3) is 0 Å². The molecule has 0 atom stereocenters. The number of likely N-dealkylation sites (N-methyl/N-ethyl adjacent to an activating group) is 1. The zero-order valence-electron chi connectivity index (χ0n) is 9.73. The fourth-order valence-corrected chi connectivity index (χ4v) is 1.17. The Morgan fingerprint density at radius 1 is 1.53 bits per heavy atom. The molecule has 0 rings (SSSR count). The van der Waals surface area contributed by atoms with E-state index in [0.717, 1.165) is 6.42 Å². The van der Waals surface area contributed by atoms with Crippen molar-refractivity contribution >= 4 is 11.7 Å². The summed E-state index contributed by atoms with van der Waals surface area (Å²) in [6.45, 7) is 6.80. The van der Waals surface area contributed by atoms with Crippen molar-refractivity contribution in [2.75, 3.05) is 13.1 Å². The van der Waals surface area contributed by atoms with E-state index in [0.29, 0.717) is 18.9 Å². The molecule has 0 aliphatic heterocycles. The minimum atomic E-state index is 0.0535. The normalized spacial score (nSPS) is 11.9. The first-order valence-corrected chi connectivity index (χ1v) is 5.25. The van der Waals surface area contributed by atoms with Gasteiger partial charge in [-0.3, -0.25) is 4.79 Å². The van der Waals surface area contributed by atoms with E-state index in [-0.39, 0.29) is 18.3 Å². The Hall–Kier alpha value is -1.26. The molecule has 0 bridgehead atoms. The van der Waals surface area contributed by atoms with E-state index in [1.165, 1.54) is 0 Å². The van der Waals surface area contributed by atoms with Crippen molar-refractivity contribution in [2.24, 2.45) is 16.8 Å². The SMILES string of the molecule is CCN(CC(N)=NO)C(=O)CCC(C)C. The summed E-state index contributed by atoms with van der Waals surface area (Å²) < 4.78 is 0. The fourth-order valence-electron chi connectivity index (χ4n) is 1.17. The maximum atomic E-state index is 11.7. The van der Waals surface area contributed by atoms with Gasteiger partial charge in [0.05, 0.1) is 6.54 Å². The van der Waals surface area contributed by atoms with Crippen LogP contribution in [-0.2, 0) is 4.79 Å². The van der Waals surface area contributed by atoms with Gasteiger partial charge < -0.3 is 15.8 Å². The molecule has 0 aromatic heterocycles. The van der Waals surface area contributed by atoms with Crippen LogP contribution in [0.4, 0.5) is 0 Å². The van der Waals surface area contributed by atoms with Gasteiger partial charge in [-0.15, -0.1) is 0 Å². The fraction of sp³-hybridized carbons (Fsp3) is 0.800. The maximum Gasteiger partial charge on any atom is 0.222 e. The van der Waals surface area contributed by atoms with Crippen molar-refractivity contribution in [3.8, 4) is 0 Å². The van der Waals surface area contributed by atoms with Gasteiger partial charge in [-0.1, -0.05) is 19.0 Å². The molecule has 0 saturated heterocycles. The summed E-state index contributed by atoms with van der Waals surface area (Å²) in [7, 11) is 0. The monoisotopic (exact) mass is 215 g/mol. The topological polar surface area (TPSA) is 78.9 Å². The Labute approximate surface area is 90.9 Å². The Bertz CT molecular complexity index is 227. The minimum Gasteiger partial charge on any atom is -0.409 e. The van der Waals surface area contributed by atoms with Gasteiger partial charge in [0.1, 0.15) is 0 Å². The number of oxime groups is 1. The van der Waals surface area contributed by atoms with Crippen LogP contribution in [0.15, 0.2) is 5.16 Å². The van der Waals surface area contributed by atoms with Gasteiger partial charge in [-0.2, -0.15) is 0 Å². The molecule has 0 radical (unpaired) electrons. The minimum absolute atomic E-state index is 0.0535. The zero-order chi connectivity index (χ0) is 11.8. The Kier molecular flexibility index (Phi) is 6.49. The van der Waals surface area contributed by atoms with Gasteiger partial charge in [0.15, 0.2) is 5.84 Å². The molecule has 0 aromatic carbocycles. The highest BCUT2D eigenvalue weighted by Crippen LogP contribution is 2.06. The third kappa shape index (κ3) is 5.93. The van der Waals surface area contributed by atoms with E-state index in [9.17, 15) is 4.79 Å². The quantitative estimate of drug-likeness (QED) is 0.300. The van der Waals surface area contributed by atoms with Gasteiger partial charge in [0, 0.05) is 13.0 Å². The molecule has 15 heavy (non-hydrogen) atoms. The van der Waals surface area contributed by atoms with E-state index in [1.807, 2.05) is 6.92 Å². The highest BCUT2D eigenvalue weighted by molar-refractivity contribution is 5.86. The molecule has 0 unspecified atom stereocenters. The van der Waals surface area contributed by atoms with E-state index >= 15 is 0 Å². The van der Waals surface area contributed by atoms with Crippen LogP contribution in [0, 0.1) is 5.92 Å². The third-order valence-electron chi connectivity index (χ3n) is 2.15. The van der Waals surface area contributed by atoms with E-state index in [4.69, 9.17) is 10.9 Å². The molecule has 3 N–H and O–H groups in total. The van der Waals surface area contributed by atoms with Crippen LogP contribution < -0.4 is 5.73 Å². The molecule has 0 aromatic rings. The molecular weight excluding hydrogens is 194 g/mol. The van der Waals surface area contributed by atoms with Crippen LogP contribution in [-0.4, -0.2) is 34.9 Å². The smallest absolute Gasteiger partial charge is 0.222 e. The summed E-state index contributed by atoms with van der Waals surface area (Å²) in [4.78, 5) is 13.2. The molecule has 0 heterocycles. The second-order valence-corrected chi connectivity index (χ2v) is 3.93. The summed E-state index contributed by atoms with van der Waals surface area (Å²) in [5.74, 6) is 0.629. The average Bonchev–Trinajstić information content (AvgIpc) is 2.21. The van der Waals surface area contributed by atoms with Gasteiger partial charge in [0.2, 0.25) is 5.91 Å². The first-order valence-electron chi connectivity index (χ1n) is 5.25. The summed E-state index contributed by atoms with van der Waals surface area (Å²) in [5, 5.41) is 11.3. The predicted octanol–water partition coefficient (Wildman–Crippen LogP) is 1.02. The van der Waals surface area contributed by atoms with Crippen molar-refractivity contribution in [3.63, 3.8) is 0 Å². The second kappa shape index (κ2) is 7.09. The largest absolute Gasteiger partial charge is 0.409 e. The lowest BCUT2D eigenvalue weighted by atomic mass is 10.1. The molecule has 0 spiro atoms. The summed E-state index contributed by atoms with van der Waals surface area (Å²) >= 11 is 0. The first kappa shape index (κ1) is 13.7. The van der Waals surface area contributed by atoms with Gasteiger partial charge in [-0.25, -0.2) is 0 Å². The molecule has 0 saturated carbocycles. The standard InChI is InChI=1S/C10H21N3O2/c1-4-13(7-9(11)12-15)10(14)6-5-8(2)3/h8,15H,4-7H2,1-3H3,(H2,11,12). The zero-order valence-corrected chi connectivity index (χ0v) is 9.73. The number of nitrogens with two attached hydrogens (primary N) is 1. The van der Waals surface area contributed by atoms with Crippen LogP contribution in [0.5, 0.6) is 0 Å². The number of rotatable bonds is 6. The third-order valence-corrected chi connectivity index (χ3v) is 2.15. The number of carbonyl (C=O) groups excluding carboxylic acids is 1. The Morgan fingerprint density at radius 3 is 2.53 bits per heavy atom. The van der Waals surface area contributed by atoms with Gasteiger partial charge in [-0.05, 0) is 19.3 Å². The maximum absolute atomic E-state index is 11.7. The van der Waals surface area contributed by atoms with Crippen molar-refractivity contribution < 1.29 is 10.0 Å². The summed E-state index contributed by atoms with van der Waals surface area (Å²) in [5.41, 5.74) is 5.35. The summed E-state index contributed by atoms with van der Waals surface area (Å²) in [6.07, 6.45) is 1.38. The van der Waals surface area contributed by atoms with Crippen molar-refractivity contribution in [3.05, 3.63) is 0 Å². The molecule has 0 aliphatic rings. The van der Waals surface area contributed by atoms with Crippen LogP contribution in [0.3, 0.4) is 0 Å². The van der Waals surface area contributed by atoms with E-state index in [2.05, 4.69) is 19.0 Å². The second-order valence-electron chi connectivity index (χ2n) is 3.93. The predicted molar refractivity (Wildman–Crippen MR) is 59.7 cm³/mol. The van der Waals surface area contributed by atoms with Crippen LogP contribution in [0.25, 0.3) is 0 Å². The van der Waals surface area contributed by atoms with Crippen molar-refractivity contribution in [2.45, 2.75) is 33.6 Å². The van der Waals surface area contributed by atoms with Crippen molar-refractivity contribution in [1.29, 1.82) is 0 Å². The average molecular weight is 215 g/mol. The summed E-state index contributed by atoms with van der Waals surface area (Å²) in [6, 6.07) is 0. The molecule has 0 fully saturated rings. The van der Waals surface area contributed by atoms with E-state index < -0.39 is 0 Å². The molecule has 5 nitrogen and oxygen atoms in total. The number of amides is 1. The highest BCUT2D eigenvalue weighted by atomic mass is 16.4. The lowest BCUT2D eigenvalue weighted by molar-refractivity contribution is -0.130. The number of carbonyl (C=O) groups is 1. The Balaban J connectivity index is 4.10. The first-order chi connectivity index (χ1) is 7.01. The lowest BCUT2D eigenvalue weighted by Gasteiger charge is -2.20. The Morgan fingerprint density at radius 2 is 2.13 bits per heavy atom. The van der Waals surface area contributed by atoms with E-state index in [1.54, 1.807) is 4.90 Å². The molecule has 5 heteroatoms. The molecule has 1 amide bonds. The van der Waals surface area contributed by atoms with Crippen LogP contribution in [0.1, 0.15) is 33.6 Å². The number of nitrogens with zero attached hydrogens (tertiary/aromatic N) is 2. The van der Waals surface area contributed by atoms with Crippen molar-refractivity contribution in [1.82, 2.24) is 4.90 Å². The number of amidine groups is 1. The lowest BCUT2D eigenvalue weighted by Crippen LogP contribution is -2.38. The number of hydrogen-bond donors (Lipinski definition) is 2. The molecular formula is C10H21N3O2.